The van der Waals surface area contributed by atoms with Crippen LogP contribution in [0.5, 0.6) is 0 Å². The molecule has 0 radical (unpaired) electrons. The lowest BCUT2D eigenvalue weighted by molar-refractivity contribution is -0.137. The molecule has 0 saturated carbocycles. The van der Waals surface area contributed by atoms with Gasteiger partial charge in [-0.3, -0.25) is 4.79 Å². The average Bonchev–Trinajstić information content (AvgIpc) is 2.50. The molecule has 0 bridgehead atoms. The van der Waals surface area contributed by atoms with E-state index < -0.39 is 16.0 Å². The van der Waals surface area contributed by atoms with Gasteiger partial charge in [0.25, 0.3) is 0 Å². The third kappa shape index (κ3) is 4.81. The Labute approximate surface area is 145 Å². The van der Waals surface area contributed by atoms with Gasteiger partial charge in [-0.15, -0.1) is 0 Å². The molecule has 0 atom stereocenters. The van der Waals surface area contributed by atoms with Gasteiger partial charge >= 0.3 is 5.97 Å². The van der Waals surface area contributed by atoms with E-state index in [1.165, 1.54) is 22.5 Å². The predicted molar refractivity (Wildman–Crippen MR) is 88.5 cm³/mol. The monoisotopic (exact) mass is 380 g/mol. The third-order valence-electron chi connectivity index (χ3n) is 3.73. The van der Waals surface area contributed by atoms with Crippen molar-refractivity contribution in [2.24, 2.45) is 0 Å². The van der Waals surface area contributed by atoms with E-state index in [1.54, 1.807) is 0 Å². The first-order valence-corrected chi connectivity index (χ1v) is 9.39. The Hall–Kier alpha value is -0.860. The van der Waals surface area contributed by atoms with Gasteiger partial charge in [0.2, 0.25) is 10.0 Å². The molecule has 128 valence electrons. The van der Waals surface area contributed by atoms with E-state index in [0.717, 1.165) is 0 Å². The van der Waals surface area contributed by atoms with Crippen LogP contribution in [0.25, 0.3) is 0 Å². The van der Waals surface area contributed by atoms with Crippen molar-refractivity contribution in [3.8, 4) is 0 Å². The van der Waals surface area contributed by atoms with Gasteiger partial charge in [-0.2, -0.15) is 4.31 Å². The number of carboxylic acid groups (broad SMARTS) is 1. The standard InChI is InChI=1S/C14H18Cl2N2O4S/c15-12-4-3-11(10-13(12)16)23(21,22)18-8-6-17(7-9-18)5-1-2-14(19)20/h3-4,10H,1-2,5-9H2,(H,19,20). The second-order valence-corrected chi connectivity index (χ2v) is 8.07. The van der Waals surface area contributed by atoms with Gasteiger partial charge in [0.05, 0.1) is 14.9 Å². The summed E-state index contributed by atoms with van der Waals surface area (Å²) in [5.41, 5.74) is 0. The molecular formula is C14H18Cl2N2O4S. The van der Waals surface area contributed by atoms with Crippen molar-refractivity contribution in [3.05, 3.63) is 28.2 Å². The minimum atomic E-state index is -3.59. The van der Waals surface area contributed by atoms with Crippen molar-refractivity contribution < 1.29 is 18.3 Å². The molecule has 23 heavy (non-hydrogen) atoms. The summed E-state index contributed by atoms with van der Waals surface area (Å²) in [5, 5.41) is 9.16. The van der Waals surface area contributed by atoms with Crippen LogP contribution in [0.2, 0.25) is 10.0 Å². The number of carbonyl (C=O) groups is 1. The van der Waals surface area contributed by atoms with Gasteiger partial charge in [-0.25, -0.2) is 8.42 Å². The number of sulfonamides is 1. The lowest BCUT2D eigenvalue weighted by Gasteiger charge is -2.33. The zero-order valence-corrected chi connectivity index (χ0v) is 14.7. The van der Waals surface area contributed by atoms with E-state index in [4.69, 9.17) is 28.3 Å². The zero-order chi connectivity index (χ0) is 17.0. The molecule has 0 aromatic heterocycles. The lowest BCUT2D eigenvalue weighted by Crippen LogP contribution is -2.48. The maximum atomic E-state index is 12.6. The summed E-state index contributed by atoms with van der Waals surface area (Å²) in [6, 6.07) is 4.28. The van der Waals surface area contributed by atoms with Crippen molar-refractivity contribution in [1.82, 2.24) is 9.21 Å². The molecule has 1 N–H and O–H groups in total. The van der Waals surface area contributed by atoms with Crippen molar-refractivity contribution in [1.29, 1.82) is 0 Å². The number of halogens is 2. The van der Waals surface area contributed by atoms with Crippen LogP contribution < -0.4 is 0 Å². The molecule has 1 heterocycles. The van der Waals surface area contributed by atoms with E-state index in [2.05, 4.69) is 4.90 Å². The minimum absolute atomic E-state index is 0.127. The van der Waals surface area contributed by atoms with Gasteiger partial charge in [-0.1, -0.05) is 23.2 Å². The number of aliphatic carboxylic acids is 1. The largest absolute Gasteiger partial charge is 0.481 e. The Morgan fingerprint density at radius 3 is 2.35 bits per heavy atom. The summed E-state index contributed by atoms with van der Waals surface area (Å²) in [6.45, 7) is 2.57. The first kappa shape index (κ1) is 18.5. The number of benzene rings is 1. The van der Waals surface area contributed by atoms with E-state index in [0.29, 0.717) is 44.2 Å². The summed E-state index contributed by atoms with van der Waals surface area (Å²) in [6.07, 6.45) is 0.691. The molecule has 0 spiro atoms. The summed E-state index contributed by atoms with van der Waals surface area (Å²) >= 11 is 11.7. The minimum Gasteiger partial charge on any atom is -0.481 e. The molecule has 1 aliphatic heterocycles. The van der Waals surface area contributed by atoms with E-state index in [-0.39, 0.29) is 16.3 Å². The Morgan fingerprint density at radius 2 is 1.78 bits per heavy atom. The van der Waals surface area contributed by atoms with Crippen LogP contribution in [-0.2, 0) is 14.8 Å². The smallest absolute Gasteiger partial charge is 0.303 e. The quantitative estimate of drug-likeness (QED) is 0.817. The second-order valence-electron chi connectivity index (χ2n) is 5.32. The zero-order valence-electron chi connectivity index (χ0n) is 12.4. The molecule has 1 aromatic carbocycles. The average molecular weight is 381 g/mol. The predicted octanol–water partition coefficient (Wildman–Crippen LogP) is 2.16. The van der Waals surface area contributed by atoms with Crippen LogP contribution in [-0.4, -0.2) is 61.4 Å². The molecule has 0 unspecified atom stereocenters. The van der Waals surface area contributed by atoms with Crippen LogP contribution in [0.4, 0.5) is 0 Å². The number of hydrogen-bond donors (Lipinski definition) is 1. The molecule has 1 saturated heterocycles. The van der Waals surface area contributed by atoms with Gasteiger partial charge in [0.1, 0.15) is 0 Å². The Kier molecular flexibility index (Phi) is 6.27. The highest BCUT2D eigenvalue weighted by atomic mass is 35.5. The van der Waals surface area contributed by atoms with Crippen molar-refractivity contribution in [2.45, 2.75) is 17.7 Å². The molecule has 0 amide bonds. The van der Waals surface area contributed by atoms with Gasteiger partial charge in [-0.05, 0) is 31.2 Å². The first-order valence-electron chi connectivity index (χ1n) is 7.20. The lowest BCUT2D eigenvalue weighted by atomic mass is 10.2. The summed E-state index contributed by atoms with van der Waals surface area (Å²) in [4.78, 5) is 12.7. The van der Waals surface area contributed by atoms with Crippen LogP contribution in [0.15, 0.2) is 23.1 Å². The van der Waals surface area contributed by atoms with Crippen LogP contribution in [0.3, 0.4) is 0 Å². The van der Waals surface area contributed by atoms with E-state index in [1.807, 2.05) is 0 Å². The molecule has 0 aliphatic carbocycles. The SMILES string of the molecule is O=C(O)CCCN1CCN(S(=O)(=O)c2ccc(Cl)c(Cl)c2)CC1. The molecule has 2 rings (SSSR count). The van der Waals surface area contributed by atoms with E-state index in [9.17, 15) is 13.2 Å². The third-order valence-corrected chi connectivity index (χ3v) is 6.36. The van der Waals surface area contributed by atoms with Crippen LogP contribution >= 0.6 is 23.2 Å². The van der Waals surface area contributed by atoms with Crippen molar-refractivity contribution in [3.63, 3.8) is 0 Å². The normalized spacial score (nSPS) is 17.3. The maximum absolute atomic E-state index is 12.6. The number of rotatable bonds is 6. The van der Waals surface area contributed by atoms with Crippen molar-refractivity contribution in [2.75, 3.05) is 32.7 Å². The van der Waals surface area contributed by atoms with Gasteiger partial charge in [0, 0.05) is 32.6 Å². The number of hydrogen-bond acceptors (Lipinski definition) is 4. The fourth-order valence-corrected chi connectivity index (χ4v) is 4.25. The Balaban J connectivity index is 1.95. The molecule has 1 aromatic rings. The van der Waals surface area contributed by atoms with Gasteiger partial charge < -0.3 is 10.0 Å². The second kappa shape index (κ2) is 7.81. The molecular weight excluding hydrogens is 363 g/mol. The van der Waals surface area contributed by atoms with Crippen LogP contribution in [0, 0.1) is 0 Å². The van der Waals surface area contributed by atoms with Gasteiger partial charge in [0.15, 0.2) is 0 Å². The highest BCUT2D eigenvalue weighted by Crippen LogP contribution is 2.27. The summed E-state index contributed by atoms with van der Waals surface area (Å²) < 4.78 is 26.6. The number of carboxylic acids is 1. The summed E-state index contributed by atoms with van der Waals surface area (Å²) in [5.74, 6) is -0.814. The number of nitrogens with zero attached hydrogens (tertiary/aromatic N) is 2. The van der Waals surface area contributed by atoms with Crippen LogP contribution in [0.1, 0.15) is 12.8 Å². The first-order chi connectivity index (χ1) is 10.8. The Bertz CT molecular complexity index is 673. The molecule has 9 heteroatoms. The topological polar surface area (TPSA) is 77.9 Å². The van der Waals surface area contributed by atoms with Crippen molar-refractivity contribution >= 4 is 39.2 Å². The molecule has 6 nitrogen and oxygen atoms in total. The highest BCUT2D eigenvalue weighted by Gasteiger charge is 2.28. The molecule has 1 aliphatic rings. The number of piperazine rings is 1. The van der Waals surface area contributed by atoms with E-state index >= 15 is 0 Å². The summed E-state index contributed by atoms with van der Waals surface area (Å²) in [7, 11) is -3.59. The maximum Gasteiger partial charge on any atom is 0.303 e. The fourth-order valence-electron chi connectivity index (χ4n) is 2.43. The molecule has 1 fully saturated rings. The fraction of sp³-hybridized carbons (Fsp3) is 0.500. The highest BCUT2D eigenvalue weighted by molar-refractivity contribution is 7.89. The Morgan fingerprint density at radius 1 is 1.13 bits per heavy atom.